The number of halogens is 2. The van der Waals surface area contributed by atoms with Gasteiger partial charge in [0.2, 0.25) is 11.9 Å². The van der Waals surface area contributed by atoms with E-state index in [-0.39, 0.29) is 5.69 Å². The van der Waals surface area contributed by atoms with Gasteiger partial charge in [0.15, 0.2) is 0 Å². The number of carbonyl (C=O) groups is 1. The summed E-state index contributed by atoms with van der Waals surface area (Å²) >= 11 is 0. The Balaban J connectivity index is 2.31. The minimum absolute atomic E-state index is 0.367. The number of anilines is 1. The molecule has 2 rings (SSSR count). The summed E-state index contributed by atoms with van der Waals surface area (Å²) in [5.41, 5.74) is -0.778. The first-order valence-corrected chi connectivity index (χ1v) is 5.13. The Morgan fingerprint density at radius 1 is 1.11 bits per heavy atom. The van der Waals surface area contributed by atoms with Crippen molar-refractivity contribution in [3.05, 3.63) is 47.8 Å². The number of rotatable bonds is 2. The first-order valence-electron chi connectivity index (χ1n) is 5.13. The van der Waals surface area contributed by atoms with Gasteiger partial charge in [0.05, 0.1) is 5.69 Å². The average molecular weight is 266 g/mol. The predicted octanol–water partition coefficient (Wildman–Crippen LogP) is 2.02. The first kappa shape index (κ1) is 12.7. The topological polar surface area (TPSA) is 82.5 Å². The Morgan fingerprint density at radius 3 is 2.32 bits per heavy atom. The van der Waals surface area contributed by atoms with Crippen molar-refractivity contribution in [3.63, 3.8) is 0 Å². The molecule has 0 radical (unpaired) electrons. The number of hydrogen-bond donors (Lipinski definition) is 3. The molecule has 0 aliphatic heterocycles. The second kappa shape index (κ2) is 4.89. The third-order valence-corrected chi connectivity index (χ3v) is 2.31. The third kappa shape index (κ3) is 2.59. The zero-order valence-electron chi connectivity index (χ0n) is 9.39. The highest BCUT2D eigenvalue weighted by molar-refractivity contribution is 6.08. The van der Waals surface area contributed by atoms with Crippen LogP contribution in [0.1, 0.15) is 10.4 Å². The fourth-order valence-corrected chi connectivity index (χ4v) is 1.45. The van der Waals surface area contributed by atoms with E-state index in [2.05, 4.69) is 10.3 Å². The van der Waals surface area contributed by atoms with Crippen LogP contribution in [0.25, 0.3) is 0 Å². The van der Waals surface area contributed by atoms with Crippen LogP contribution in [0.15, 0.2) is 30.3 Å². The van der Waals surface area contributed by atoms with Gasteiger partial charge in [-0.25, -0.2) is 0 Å². The molecule has 0 bridgehead atoms. The Morgan fingerprint density at radius 2 is 1.74 bits per heavy atom. The maximum atomic E-state index is 13.2. The summed E-state index contributed by atoms with van der Waals surface area (Å²) in [4.78, 5) is 14.7. The number of amides is 1. The molecule has 0 aliphatic carbocycles. The van der Waals surface area contributed by atoms with E-state index >= 15 is 0 Å². The molecule has 0 saturated heterocycles. The van der Waals surface area contributed by atoms with E-state index in [0.29, 0.717) is 0 Å². The number of nitrogens with zero attached hydrogens (tertiary/aromatic N) is 1. The Labute approximate surface area is 106 Å². The van der Waals surface area contributed by atoms with Crippen molar-refractivity contribution in [3.8, 4) is 11.5 Å². The summed E-state index contributed by atoms with van der Waals surface area (Å²) in [5, 5.41) is 21.0. The lowest BCUT2D eigenvalue weighted by molar-refractivity contribution is 0.102. The molecule has 1 amide bonds. The van der Waals surface area contributed by atoms with Gasteiger partial charge in [-0.1, -0.05) is 6.07 Å². The molecule has 19 heavy (non-hydrogen) atoms. The Kier molecular flexibility index (Phi) is 3.28. The molecule has 0 fully saturated rings. The molecule has 5 nitrogen and oxygen atoms in total. The van der Waals surface area contributed by atoms with Gasteiger partial charge >= 0.3 is 0 Å². The summed E-state index contributed by atoms with van der Waals surface area (Å²) in [6.07, 6.45) is 0. The van der Waals surface area contributed by atoms with Gasteiger partial charge in [0.1, 0.15) is 17.1 Å². The summed E-state index contributed by atoms with van der Waals surface area (Å²) in [5.74, 6) is -4.10. The molecule has 1 aromatic carbocycles. The first-order chi connectivity index (χ1) is 8.99. The van der Waals surface area contributed by atoms with E-state index in [1.54, 1.807) is 0 Å². The van der Waals surface area contributed by atoms with Crippen LogP contribution >= 0.6 is 0 Å². The normalized spacial score (nSPS) is 10.2. The third-order valence-electron chi connectivity index (χ3n) is 2.31. The molecule has 7 heteroatoms. The van der Waals surface area contributed by atoms with E-state index in [4.69, 9.17) is 0 Å². The number of pyridine rings is 1. The maximum Gasteiger partial charge on any atom is 0.263 e. The molecular weight excluding hydrogens is 258 g/mol. The second-order valence-corrected chi connectivity index (χ2v) is 3.60. The largest absolute Gasteiger partial charge is 0.507 e. The van der Waals surface area contributed by atoms with Crippen molar-refractivity contribution in [2.75, 3.05) is 5.32 Å². The van der Waals surface area contributed by atoms with E-state index in [1.165, 1.54) is 18.2 Å². The van der Waals surface area contributed by atoms with Crippen LogP contribution in [0.4, 0.5) is 14.5 Å². The zero-order valence-corrected chi connectivity index (χ0v) is 9.39. The van der Waals surface area contributed by atoms with Crippen LogP contribution in [0, 0.1) is 11.9 Å². The quantitative estimate of drug-likeness (QED) is 0.726. The SMILES string of the molecule is O=C(Nc1ccc(F)nc1F)c1c(O)cccc1O. The highest BCUT2D eigenvalue weighted by Crippen LogP contribution is 2.27. The Hall–Kier alpha value is -2.70. The fraction of sp³-hybridized carbons (Fsp3) is 0. The lowest BCUT2D eigenvalue weighted by Crippen LogP contribution is -2.14. The highest BCUT2D eigenvalue weighted by Gasteiger charge is 2.18. The van der Waals surface area contributed by atoms with Crippen LogP contribution < -0.4 is 5.32 Å². The molecule has 1 heterocycles. The number of hydrogen-bond acceptors (Lipinski definition) is 4. The van der Waals surface area contributed by atoms with E-state index in [1.807, 2.05) is 0 Å². The molecule has 0 saturated carbocycles. The van der Waals surface area contributed by atoms with Crippen molar-refractivity contribution < 1.29 is 23.8 Å². The van der Waals surface area contributed by atoms with E-state index < -0.39 is 34.9 Å². The summed E-state index contributed by atoms with van der Waals surface area (Å²) in [7, 11) is 0. The van der Waals surface area contributed by atoms with Gasteiger partial charge in [0, 0.05) is 0 Å². The van der Waals surface area contributed by atoms with Crippen LogP contribution in [0.5, 0.6) is 11.5 Å². The number of benzene rings is 1. The van der Waals surface area contributed by atoms with Gasteiger partial charge in [-0.05, 0) is 24.3 Å². The monoisotopic (exact) mass is 266 g/mol. The van der Waals surface area contributed by atoms with E-state index in [9.17, 15) is 23.8 Å². The van der Waals surface area contributed by atoms with Gasteiger partial charge in [0.25, 0.3) is 5.91 Å². The van der Waals surface area contributed by atoms with Crippen molar-refractivity contribution in [2.24, 2.45) is 0 Å². The summed E-state index contributed by atoms with van der Waals surface area (Å²) in [6, 6.07) is 5.55. The van der Waals surface area contributed by atoms with Crippen LogP contribution in [0.3, 0.4) is 0 Å². The van der Waals surface area contributed by atoms with E-state index in [0.717, 1.165) is 12.1 Å². The molecule has 3 N–H and O–H groups in total. The van der Waals surface area contributed by atoms with Crippen LogP contribution in [0.2, 0.25) is 0 Å². The fourth-order valence-electron chi connectivity index (χ4n) is 1.45. The Bertz CT molecular complexity index is 627. The smallest absolute Gasteiger partial charge is 0.263 e. The minimum Gasteiger partial charge on any atom is -0.507 e. The molecular formula is C12H8F2N2O3. The average Bonchev–Trinajstić information content (AvgIpc) is 2.32. The zero-order chi connectivity index (χ0) is 14.0. The molecule has 98 valence electrons. The maximum absolute atomic E-state index is 13.2. The lowest BCUT2D eigenvalue weighted by atomic mass is 10.1. The van der Waals surface area contributed by atoms with Crippen molar-refractivity contribution >= 4 is 11.6 Å². The van der Waals surface area contributed by atoms with Crippen LogP contribution in [-0.2, 0) is 0 Å². The molecule has 0 unspecified atom stereocenters. The number of phenols is 2. The van der Waals surface area contributed by atoms with Crippen molar-refractivity contribution in [2.45, 2.75) is 0 Å². The van der Waals surface area contributed by atoms with Crippen molar-refractivity contribution in [1.82, 2.24) is 4.98 Å². The summed E-state index contributed by atoms with van der Waals surface area (Å²) < 4.78 is 25.8. The number of nitrogens with one attached hydrogen (secondary N) is 1. The molecule has 0 spiro atoms. The van der Waals surface area contributed by atoms with Gasteiger partial charge in [-0.3, -0.25) is 4.79 Å². The highest BCUT2D eigenvalue weighted by atomic mass is 19.1. The number of aromatic nitrogens is 1. The molecule has 0 atom stereocenters. The van der Waals surface area contributed by atoms with Crippen LogP contribution in [-0.4, -0.2) is 21.1 Å². The summed E-state index contributed by atoms with van der Waals surface area (Å²) in [6.45, 7) is 0. The number of aromatic hydroxyl groups is 2. The molecule has 2 aromatic rings. The lowest BCUT2D eigenvalue weighted by Gasteiger charge is -2.08. The number of carbonyl (C=O) groups excluding carboxylic acids is 1. The minimum atomic E-state index is -1.21. The van der Waals surface area contributed by atoms with Gasteiger partial charge in [-0.2, -0.15) is 13.8 Å². The molecule has 0 aliphatic rings. The number of phenolic OH excluding ortho intramolecular Hbond substituents is 2. The predicted molar refractivity (Wildman–Crippen MR) is 61.9 cm³/mol. The standard InChI is InChI=1S/C12H8F2N2O3/c13-9-5-4-6(11(14)16-9)15-12(19)10-7(17)2-1-3-8(10)18/h1-5,17-18H,(H,15,19). The van der Waals surface area contributed by atoms with Gasteiger partial charge in [-0.15, -0.1) is 0 Å². The van der Waals surface area contributed by atoms with Gasteiger partial charge < -0.3 is 15.5 Å². The second-order valence-electron chi connectivity index (χ2n) is 3.60. The molecule has 1 aromatic heterocycles. The van der Waals surface area contributed by atoms with Crippen molar-refractivity contribution in [1.29, 1.82) is 0 Å².